The first-order valence-electron chi connectivity index (χ1n) is 24.6. The van der Waals surface area contributed by atoms with Crippen LogP contribution in [0.5, 0.6) is 0 Å². The average molecular weight is 917 g/mol. The predicted octanol–water partition coefficient (Wildman–Crippen LogP) is 17.3. The molecule has 0 N–H and O–H groups in total. The van der Waals surface area contributed by atoms with Gasteiger partial charge >= 0.3 is 0 Å². The van der Waals surface area contributed by atoms with Crippen molar-refractivity contribution in [2.45, 2.75) is 5.41 Å². The highest BCUT2D eigenvalue weighted by Crippen LogP contribution is 2.62. The summed E-state index contributed by atoms with van der Waals surface area (Å²) in [4.78, 5) is 2.55. The fourth-order valence-corrected chi connectivity index (χ4v) is 12.2. The molecule has 1 aliphatic heterocycles. The molecular weight excluding hydrogens is 873 g/mol. The minimum absolute atomic E-state index is 0.589. The Labute approximate surface area is 417 Å². The number of para-hydroxylation sites is 6. The minimum atomic E-state index is -0.719. The highest BCUT2D eigenvalue weighted by Gasteiger charge is 2.48. The summed E-state index contributed by atoms with van der Waals surface area (Å²) in [5, 5.41) is 16.8. The van der Waals surface area contributed by atoms with Crippen molar-refractivity contribution >= 4 is 60.7 Å². The van der Waals surface area contributed by atoms with E-state index in [9.17, 15) is 5.26 Å². The molecule has 0 atom stereocenters. The zero-order valence-electron chi connectivity index (χ0n) is 39.2. The largest absolute Gasteiger partial charge is 0.306 e. The van der Waals surface area contributed by atoms with Crippen LogP contribution in [0.3, 0.4) is 0 Å². The van der Waals surface area contributed by atoms with E-state index < -0.39 is 5.41 Å². The molecule has 0 aliphatic carbocycles. The van der Waals surface area contributed by atoms with Gasteiger partial charge in [0.15, 0.2) is 0 Å². The van der Waals surface area contributed by atoms with Crippen LogP contribution in [0.4, 0.5) is 17.1 Å². The topological polar surface area (TPSA) is 36.9 Å². The van der Waals surface area contributed by atoms with Gasteiger partial charge in [-0.05, 0) is 69.8 Å². The Bertz CT molecular complexity index is 3900. The molecule has 0 bridgehead atoms. The number of fused-ring (bicyclic) bond motifs is 8. The van der Waals surface area contributed by atoms with Crippen LogP contribution in [0.15, 0.2) is 267 Å². The van der Waals surface area contributed by atoms with E-state index in [1.54, 1.807) is 0 Å². The SMILES string of the molecule is N#Cc1c(-c2ccccc2)c(-n2c3ccccc3c3ccccc32)c(N2c3ccccc3C(c3ccccc3)(c3ccccc3)c3ccccc32)c(-n2c3ccccc3c3ccccc32)c1-c1ccccc1. The second-order valence-corrected chi connectivity index (χ2v) is 18.6. The summed E-state index contributed by atoms with van der Waals surface area (Å²) >= 11 is 0. The molecule has 4 heteroatoms. The van der Waals surface area contributed by atoms with Crippen molar-refractivity contribution in [3.05, 3.63) is 295 Å². The van der Waals surface area contributed by atoms with Gasteiger partial charge in [-0.25, -0.2) is 0 Å². The van der Waals surface area contributed by atoms with Crippen molar-refractivity contribution in [1.29, 1.82) is 5.26 Å². The Morgan fingerprint density at radius 2 is 0.611 bits per heavy atom. The lowest BCUT2D eigenvalue weighted by Gasteiger charge is -2.47. The van der Waals surface area contributed by atoms with E-state index in [1.165, 1.54) is 11.1 Å². The molecule has 72 heavy (non-hydrogen) atoms. The van der Waals surface area contributed by atoms with Crippen molar-refractivity contribution in [2.75, 3.05) is 4.90 Å². The molecule has 4 nitrogen and oxygen atoms in total. The summed E-state index contributed by atoms with van der Waals surface area (Å²) in [5.41, 5.74) is 17.1. The van der Waals surface area contributed by atoms with Crippen LogP contribution in [0.2, 0.25) is 0 Å². The van der Waals surface area contributed by atoms with Crippen molar-refractivity contribution < 1.29 is 0 Å². The number of hydrogen-bond donors (Lipinski definition) is 0. The van der Waals surface area contributed by atoms with Gasteiger partial charge < -0.3 is 14.0 Å². The second-order valence-electron chi connectivity index (χ2n) is 18.6. The first-order chi connectivity index (χ1) is 35.8. The van der Waals surface area contributed by atoms with Crippen LogP contribution in [0, 0.1) is 11.3 Å². The Kier molecular flexibility index (Phi) is 9.45. The molecule has 0 unspecified atom stereocenters. The number of nitriles is 1. The van der Waals surface area contributed by atoms with E-state index in [-0.39, 0.29) is 0 Å². The summed E-state index contributed by atoms with van der Waals surface area (Å²) in [5.74, 6) is 0. The standard InChI is InChI=1S/C68H44N4/c69-45-54-63(46-25-5-1-6-26-46)65(70-57-39-19-13-33-50(57)51-34-14-20-40-58(51)70)67(66(64(54)47-27-7-2-8-28-47)71-59-41-21-15-35-52(59)53-36-16-22-42-60(53)71)72-61-43-23-17-37-55(61)68(48-29-9-3-10-30-48,49-31-11-4-12-32-49)56-38-18-24-44-62(56)72/h1-44H. The summed E-state index contributed by atoms with van der Waals surface area (Å²) < 4.78 is 4.91. The molecule has 336 valence electrons. The van der Waals surface area contributed by atoms with Crippen molar-refractivity contribution in [1.82, 2.24) is 9.13 Å². The Balaban J connectivity index is 1.30. The molecule has 3 heterocycles. The molecule has 0 spiro atoms. The van der Waals surface area contributed by atoms with E-state index in [4.69, 9.17) is 0 Å². The predicted molar refractivity (Wildman–Crippen MR) is 297 cm³/mol. The van der Waals surface area contributed by atoms with Gasteiger partial charge in [0, 0.05) is 32.7 Å². The molecule has 13 aromatic rings. The normalized spacial score (nSPS) is 12.8. The highest BCUT2D eigenvalue weighted by atomic mass is 15.2. The molecule has 1 aliphatic rings. The zero-order chi connectivity index (χ0) is 47.8. The molecule has 0 radical (unpaired) electrons. The van der Waals surface area contributed by atoms with Gasteiger partial charge in [0.1, 0.15) is 6.07 Å². The zero-order valence-corrected chi connectivity index (χ0v) is 39.2. The molecule has 0 amide bonds. The van der Waals surface area contributed by atoms with Crippen LogP contribution >= 0.6 is 0 Å². The monoisotopic (exact) mass is 916 g/mol. The maximum Gasteiger partial charge on any atom is 0.101 e. The lowest BCUT2D eigenvalue weighted by atomic mass is 9.62. The summed E-state index contributed by atoms with van der Waals surface area (Å²) in [6.45, 7) is 0. The third kappa shape index (κ3) is 5.86. The average Bonchev–Trinajstić information content (AvgIpc) is 3.98. The van der Waals surface area contributed by atoms with Crippen molar-refractivity contribution in [2.24, 2.45) is 0 Å². The number of hydrogen-bond acceptors (Lipinski definition) is 2. The third-order valence-electron chi connectivity index (χ3n) is 15.0. The van der Waals surface area contributed by atoms with E-state index in [0.29, 0.717) is 5.56 Å². The smallest absolute Gasteiger partial charge is 0.101 e. The van der Waals surface area contributed by atoms with Gasteiger partial charge in [-0.15, -0.1) is 0 Å². The van der Waals surface area contributed by atoms with E-state index in [2.05, 4.69) is 287 Å². The highest BCUT2D eigenvalue weighted by molar-refractivity contribution is 6.16. The second kappa shape index (κ2) is 16.5. The van der Waals surface area contributed by atoms with Crippen LogP contribution in [0.1, 0.15) is 27.8 Å². The van der Waals surface area contributed by atoms with Gasteiger partial charge in [0.2, 0.25) is 0 Å². The third-order valence-corrected chi connectivity index (χ3v) is 15.0. The van der Waals surface area contributed by atoms with E-state index in [0.717, 1.165) is 105 Å². The van der Waals surface area contributed by atoms with Gasteiger partial charge in [-0.2, -0.15) is 5.26 Å². The first kappa shape index (κ1) is 41.3. The lowest BCUT2D eigenvalue weighted by molar-refractivity contribution is 0.731. The van der Waals surface area contributed by atoms with E-state index >= 15 is 0 Å². The minimum Gasteiger partial charge on any atom is -0.306 e. The fourth-order valence-electron chi connectivity index (χ4n) is 12.2. The molecule has 0 saturated heterocycles. The Morgan fingerprint density at radius 3 is 0.972 bits per heavy atom. The summed E-state index contributed by atoms with van der Waals surface area (Å²) in [6.07, 6.45) is 0. The van der Waals surface area contributed by atoms with Crippen LogP contribution < -0.4 is 4.90 Å². The maximum atomic E-state index is 12.3. The van der Waals surface area contributed by atoms with Crippen LogP contribution in [0.25, 0.3) is 77.2 Å². The molecule has 0 saturated carbocycles. The van der Waals surface area contributed by atoms with Gasteiger partial charge in [0.25, 0.3) is 0 Å². The number of aromatic nitrogens is 2. The number of benzene rings is 11. The summed E-state index contributed by atoms with van der Waals surface area (Å²) in [6, 6.07) is 99.0. The van der Waals surface area contributed by atoms with Crippen LogP contribution in [-0.2, 0) is 5.41 Å². The van der Waals surface area contributed by atoms with Gasteiger partial charge in [-0.3, -0.25) is 0 Å². The Morgan fingerprint density at radius 1 is 0.306 bits per heavy atom. The molecule has 2 aromatic heterocycles. The molecule has 14 rings (SSSR count). The first-order valence-corrected chi connectivity index (χ1v) is 24.6. The van der Waals surface area contributed by atoms with Gasteiger partial charge in [-0.1, -0.05) is 231 Å². The lowest BCUT2D eigenvalue weighted by Crippen LogP contribution is -2.38. The molecule has 0 fully saturated rings. The molecule has 11 aromatic carbocycles. The Hall–Kier alpha value is -9.69. The van der Waals surface area contributed by atoms with Crippen molar-refractivity contribution in [3.8, 4) is 39.7 Å². The van der Waals surface area contributed by atoms with Crippen molar-refractivity contribution in [3.63, 3.8) is 0 Å². The molecular formula is C68H44N4. The quantitative estimate of drug-likeness (QED) is 0.160. The summed E-state index contributed by atoms with van der Waals surface area (Å²) in [7, 11) is 0. The van der Waals surface area contributed by atoms with Gasteiger partial charge in [0.05, 0.1) is 61.5 Å². The number of rotatable bonds is 7. The number of nitrogens with zero attached hydrogens (tertiary/aromatic N) is 4. The number of anilines is 3. The maximum absolute atomic E-state index is 12.3. The van der Waals surface area contributed by atoms with Crippen LogP contribution in [-0.4, -0.2) is 9.13 Å². The fraction of sp³-hybridized carbons (Fsp3) is 0.0147. The van der Waals surface area contributed by atoms with E-state index in [1.807, 2.05) is 0 Å².